The van der Waals surface area contributed by atoms with Crippen molar-refractivity contribution in [3.63, 3.8) is 0 Å². The van der Waals surface area contributed by atoms with Crippen molar-refractivity contribution < 1.29 is 9.84 Å². The van der Waals surface area contributed by atoms with Crippen molar-refractivity contribution in [1.82, 2.24) is 0 Å². The molecule has 0 radical (unpaired) electrons. The van der Waals surface area contributed by atoms with Gasteiger partial charge in [0.15, 0.2) is 0 Å². The summed E-state index contributed by atoms with van der Waals surface area (Å²) in [4.78, 5) is 0. The summed E-state index contributed by atoms with van der Waals surface area (Å²) in [5, 5.41) is 10.6. The van der Waals surface area contributed by atoms with Gasteiger partial charge in [0.25, 0.3) is 0 Å². The van der Waals surface area contributed by atoms with E-state index in [0.717, 1.165) is 17.3 Å². The second-order valence-corrected chi connectivity index (χ2v) is 6.20. The molecule has 2 nitrogen and oxygen atoms in total. The molecular weight excluding hydrogens is 316 g/mol. The first-order valence-corrected chi connectivity index (χ1v) is 7.50. The maximum absolute atomic E-state index is 10.0. The number of aliphatic hydroxyl groups is 1. The van der Waals surface area contributed by atoms with Gasteiger partial charge in [0.1, 0.15) is 11.9 Å². The van der Waals surface area contributed by atoms with Crippen LogP contribution in [0.1, 0.15) is 33.1 Å². The zero-order chi connectivity index (χ0) is 13.3. The van der Waals surface area contributed by atoms with Crippen molar-refractivity contribution >= 4 is 27.5 Å². The third-order valence-electron chi connectivity index (χ3n) is 4.22. The first kappa shape index (κ1) is 14.2. The monoisotopic (exact) mass is 332 g/mol. The third-order valence-corrected chi connectivity index (χ3v) is 5.03. The summed E-state index contributed by atoms with van der Waals surface area (Å²) in [6.07, 6.45) is 2.31. The Morgan fingerprint density at radius 3 is 2.67 bits per heavy atom. The van der Waals surface area contributed by atoms with Gasteiger partial charge >= 0.3 is 0 Å². The van der Waals surface area contributed by atoms with E-state index in [1.807, 2.05) is 18.2 Å². The Bertz CT molecular complexity index is 432. The van der Waals surface area contributed by atoms with Crippen LogP contribution in [-0.4, -0.2) is 17.3 Å². The summed E-state index contributed by atoms with van der Waals surface area (Å²) in [6.45, 7) is 4.20. The highest BCUT2D eigenvalue weighted by atomic mass is 79.9. The normalized spacial score (nSPS) is 25.6. The molecule has 1 saturated carbocycles. The Hall–Kier alpha value is -0.250. The van der Waals surface area contributed by atoms with E-state index >= 15 is 0 Å². The average molecular weight is 334 g/mol. The third kappa shape index (κ3) is 2.28. The van der Waals surface area contributed by atoms with E-state index in [1.165, 1.54) is 0 Å². The van der Waals surface area contributed by atoms with Crippen LogP contribution in [0.25, 0.3) is 0 Å². The molecule has 0 heterocycles. The number of ether oxygens (including phenoxy) is 1. The van der Waals surface area contributed by atoms with Crippen molar-refractivity contribution in [2.45, 2.75) is 45.3 Å². The van der Waals surface area contributed by atoms with Crippen LogP contribution in [0.3, 0.4) is 0 Å². The lowest BCUT2D eigenvalue weighted by Crippen LogP contribution is -2.59. The molecule has 1 aliphatic rings. The van der Waals surface area contributed by atoms with E-state index in [-0.39, 0.29) is 17.6 Å². The molecule has 1 N–H and O–H groups in total. The van der Waals surface area contributed by atoms with Crippen LogP contribution in [0.5, 0.6) is 5.75 Å². The number of hydrogen-bond donors (Lipinski definition) is 1. The second-order valence-electron chi connectivity index (χ2n) is 4.87. The van der Waals surface area contributed by atoms with Gasteiger partial charge in [0.2, 0.25) is 0 Å². The lowest BCUT2D eigenvalue weighted by molar-refractivity contribution is -0.159. The molecule has 0 amide bonds. The molecule has 0 bridgehead atoms. The Morgan fingerprint density at radius 2 is 2.11 bits per heavy atom. The average Bonchev–Trinajstić information content (AvgIpc) is 2.35. The summed E-state index contributed by atoms with van der Waals surface area (Å²) >= 11 is 9.54. The van der Waals surface area contributed by atoms with Crippen molar-refractivity contribution in [1.29, 1.82) is 0 Å². The van der Waals surface area contributed by atoms with Crippen molar-refractivity contribution in [2.24, 2.45) is 5.41 Å². The number of halogens is 2. The predicted octanol–water partition coefficient (Wildman–Crippen LogP) is 4.42. The highest BCUT2D eigenvalue weighted by Crippen LogP contribution is 2.49. The zero-order valence-corrected chi connectivity index (χ0v) is 13.0. The fourth-order valence-electron chi connectivity index (χ4n) is 2.79. The fourth-order valence-corrected chi connectivity index (χ4v) is 3.29. The van der Waals surface area contributed by atoms with Crippen LogP contribution >= 0.6 is 27.5 Å². The van der Waals surface area contributed by atoms with Crippen LogP contribution in [-0.2, 0) is 0 Å². The molecule has 0 aliphatic heterocycles. The predicted molar refractivity (Wildman–Crippen MR) is 77.2 cm³/mol. The van der Waals surface area contributed by atoms with E-state index in [9.17, 15) is 5.11 Å². The molecule has 4 heteroatoms. The molecular formula is C14H18BrClO2. The number of benzene rings is 1. The van der Waals surface area contributed by atoms with Gasteiger partial charge in [-0.3, -0.25) is 0 Å². The van der Waals surface area contributed by atoms with Crippen LogP contribution in [0.4, 0.5) is 0 Å². The molecule has 2 rings (SSSR count). The first-order chi connectivity index (χ1) is 8.53. The van der Waals surface area contributed by atoms with Crippen LogP contribution < -0.4 is 4.74 Å². The summed E-state index contributed by atoms with van der Waals surface area (Å²) in [5.74, 6) is 0.689. The van der Waals surface area contributed by atoms with Crippen molar-refractivity contribution in [3.05, 3.63) is 27.7 Å². The van der Waals surface area contributed by atoms with E-state index < -0.39 is 0 Å². The maximum atomic E-state index is 10.0. The Morgan fingerprint density at radius 1 is 1.44 bits per heavy atom. The van der Waals surface area contributed by atoms with Gasteiger partial charge in [-0.1, -0.05) is 41.4 Å². The van der Waals surface area contributed by atoms with Crippen molar-refractivity contribution in [3.8, 4) is 5.75 Å². The quantitative estimate of drug-likeness (QED) is 0.883. The van der Waals surface area contributed by atoms with E-state index in [1.54, 1.807) is 0 Å². The molecule has 0 saturated heterocycles. The fraction of sp³-hybridized carbons (Fsp3) is 0.571. The standard InChI is InChI=1S/C14H18BrClO2/c1-3-14(4-2)12(17)8-13(14)18-11-7-9(15)5-6-10(11)16/h5-7,12-13,17H,3-4,8H2,1-2H3. The van der Waals surface area contributed by atoms with E-state index in [2.05, 4.69) is 29.8 Å². The van der Waals surface area contributed by atoms with Crippen molar-refractivity contribution in [2.75, 3.05) is 0 Å². The molecule has 2 atom stereocenters. The van der Waals surface area contributed by atoms with Crippen LogP contribution in [0.2, 0.25) is 5.02 Å². The summed E-state index contributed by atoms with van der Waals surface area (Å²) < 4.78 is 6.95. The van der Waals surface area contributed by atoms with Gasteiger partial charge in [0, 0.05) is 16.3 Å². The summed E-state index contributed by atoms with van der Waals surface area (Å²) in [5.41, 5.74) is -0.119. The largest absolute Gasteiger partial charge is 0.488 e. The lowest BCUT2D eigenvalue weighted by Gasteiger charge is -2.52. The molecule has 1 aromatic rings. The first-order valence-electron chi connectivity index (χ1n) is 6.33. The minimum atomic E-state index is -0.261. The molecule has 2 unspecified atom stereocenters. The van der Waals surface area contributed by atoms with Gasteiger partial charge in [-0.05, 0) is 31.0 Å². The van der Waals surface area contributed by atoms with Crippen LogP contribution in [0.15, 0.2) is 22.7 Å². The molecule has 1 aromatic carbocycles. The molecule has 0 aromatic heterocycles. The maximum Gasteiger partial charge on any atom is 0.139 e. The number of rotatable bonds is 4. The molecule has 0 spiro atoms. The smallest absolute Gasteiger partial charge is 0.139 e. The molecule has 1 aliphatic carbocycles. The number of hydrogen-bond acceptors (Lipinski definition) is 2. The lowest BCUT2D eigenvalue weighted by atomic mass is 9.60. The Kier molecular flexibility index (Phi) is 4.25. The minimum absolute atomic E-state index is 0.0503. The number of aliphatic hydroxyl groups excluding tert-OH is 1. The van der Waals surface area contributed by atoms with E-state index in [0.29, 0.717) is 17.2 Å². The van der Waals surface area contributed by atoms with Crippen LogP contribution in [0, 0.1) is 5.41 Å². The molecule has 100 valence electrons. The van der Waals surface area contributed by atoms with Gasteiger partial charge in [-0.25, -0.2) is 0 Å². The second kappa shape index (κ2) is 5.40. The topological polar surface area (TPSA) is 29.5 Å². The molecule has 18 heavy (non-hydrogen) atoms. The minimum Gasteiger partial charge on any atom is -0.488 e. The SMILES string of the molecule is CCC1(CC)C(O)CC1Oc1cc(Br)ccc1Cl. The summed E-state index contributed by atoms with van der Waals surface area (Å²) in [6, 6.07) is 5.58. The van der Waals surface area contributed by atoms with Gasteiger partial charge in [-0.2, -0.15) is 0 Å². The Labute approximate surface area is 121 Å². The summed E-state index contributed by atoms with van der Waals surface area (Å²) in [7, 11) is 0. The van der Waals surface area contributed by atoms with Gasteiger partial charge in [-0.15, -0.1) is 0 Å². The highest BCUT2D eigenvalue weighted by molar-refractivity contribution is 9.10. The highest BCUT2D eigenvalue weighted by Gasteiger charge is 2.53. The van der Waals surface area contributed by atoms with Gasteiger partial charge in [0.05, 0.1) is 11.1 Å². The van der Waals surface area contributed by atoms with E-state index in [4.69, 9.17) is 16.3 Å². The molecule has 1 fully saturated rings. The Balaban J connectivity index is 2.17. The zero-order valence-electron chi connectivity index (χ0n) is 10.6. The van der Waals surface area contributed by atoms with Gasteiger partial charge < -0.3 is 9.84 Å².